The number of rotatable bonds is 3. The second kappa shape index (κ2) is 7.53. The zero-order valence-electron chi connectivity index (χ0n) is 18.5. The minimum absolute atomic E-state index is 0.155. The van der Waals surface area contributed by atoms with Crippen LogP contribution in [0.3, 0.4) is 0 Å². The molecule has 1 aliphatic rings. The van der Waals surface area contributed by atoms with Crippen LogP contribution in [0, 0.1) is 0 Å². The highest BCUT2D eigenvalue weighted by atomic mass is 16.5. The van der Waals surface area contributed by atoms with Gasteiger partial charge in [-0.2, -0.15) is 0 Å². The molecule has 1 aromatic heterocycles. The van der Waals surface area contributed by atoms with E-state index in [1.165, 1.54) is 38.6 Å². The highest BCUT2D eigenvalue weighted by Crippen LogP contribution is 2.38. The number of benzene rings is 5. The molecule has 3 heteroatoms. The molecule has 0 spiro atoms. The van der Waals surface area contributed by atoms with Gasteiger partial charge in [0.1, 0.15) is 5.75 Å². The Kier molecular flexibility index (Phi) is 4.21. The molecule has 0 aliphatic carbocycles. The van der Waals surface area contributed by atoms with E-state index in [2.05, 4.69) is 107 Å². The van der Waals surface area contributed by atoms with Crippen molar-refractivity contribution < 1.29 is 4.74 Å². The highest BCUT2D eigenvalue weighted by molar-refractivity contribution is 6.10. The van der Waals surface area contributed by atoms with Crippen molar-refractivity contribution in [3.05, 3.63) is 127 Å². The van der Waals surface area contributed by atoms with E-state index in [9.17, 15) is 0 Å². The Morgan fingerprint density at radius 2 is 1.29 bits per heavy atom. The fourth-order valence-corrected chi connectivity index (χ4v) is 5.00. The van der Waals surface area contributed by atoms with Gasteiger partial charge in [0.05, 0.1) is 16.7 Å². The lowest BCUT2D eigenvalue weighted by Gasteiger charge is -2.12. The van der Waals surface area contributed by atoms with Gasteiger partial charge < -0.3 is 14.6 Å². The Balaban J connectivity index is 1.28. The van der Waals surface area contributed by atoms with Crippen molar-refractivity contribution in [3.63, 3.8) is 0 Å². The fraction of sp³-hybridized carbons (Fsp3) is 0.0323. The summed E-state index contributed by atoms with van der Waals surface area (Å²) in [6.07, 6.45) is -0.155. The molecule has 1 unspecified atom stereocenters. The van der Waals surface area contributed by atoms with Gasteiger partial charge in [-0.25, -0.2) is 0 Å². The Bertz CT molecular complexity index is 1620. The third-order valence-electron chi connectivity index (χ3n) is 6.65. The lowest BCUT2D eigenvalue weighted by Crippen LogP contribution is -2.09. The van der Waals surface area contributed by atoms with E-state index in [-0.39, 0.29) is 6.23 Å². The van der Waals surface area contributed by atoms with Crippen LogP contribution in [0.15, 0.2) is 121 Å². The van der Waals surface area contributed by atoms with Crippen molar-refractivity contribution >= 4 is 27.5 Å². The van der Waals surface area contributed by atoms with Gasteiger partial charge in [-0.3, -0.25) is 0 Å². The maximum absolute atomic E-state index is 6.08. The standard InChI is InChI=1S/C31H22N2O/c1-2-8-24(9-3-1)33-28-12-6-4-10-25(28)26-20-23(18-19-29(26)33)21-14-16-22(17-15-21)31-32-27-11-5-7-13-30(27)34-31/h1-20,31-32H. The molecule has 0 amide bonds. The number of anilines is 1. The zero-order chi connectivity index (χ0) is 22.5. The van der Waals surface area contributed by atoms with Gasteiger partial charge in [-0.1, -0.05) is 78.9 Å². The summed E-state index contributed by atoms with van der Waals surface area (Å²) >= 11 is 0. The number of hydrogen-bond acceptors (Lipinski definition) is 2. The lowest BCUT2D eigenvalue weighted by atomic mass is 10.0. The van der Waals surface area contributed by atoms with Crippen molar-refractivity contribution in [1.82, 2.24) is 4.57 Å². The van der Waals surface area contributed by atoms with Gasteiger partial charge >= 0.3 is 0 Å². The fourth-order valence-electron chi connectivity index (χ4n) is 5.00. The van der Waals surface area contributed by atoms with Gasteiger partial charge in [0.2, 0.25) is 0 Å². The molecule has 0 bridgehead atoms. The van der Waals surface area contributed by atoms with E-state index in [0.29, 0.717) is 0 Å². The predicted molar refractivity (Wildman–Crippen MR) is 140 cm³/mol. The minimum Gasteiger partial charge on any atom is -0.464 e. The lowest BCUT2D eigenvalue weighted by molar-refractivity contribution is 0.260. The summed E-state index contributed by atoms with van der Waals surface area (Å²) in [6.45, 7) is 0. The molecule has 1 N–H and O–H groups in total. The van der Waals surface area contributed by atoms with Gasteiger partial charge in [0, 0.05) is 22.0 Å². The molecule has 5 aromatic carbocycles. The molecule has 1 aliphatic heterocycles. The molecule has 162 valence electrons. The monoisotopic (exact) mass is 438 g/mol. The minimum atomic E-state index is -0.155. The van der Waals surface area contributed by atoms with E-state index in [0.717, 1.165) is 17.0 Å². The van der Waals surface area contributed by atoms with Crippen molar-refractivity contribution in [2.45, 2.75) is 6.23 Å². The van der Waals surface area contributed by atoms with Crippen LogP contribution in [0.4, 0.5) is 5.69 Å². The van der Waals surface area contributed by atoms with Gasteiger partial charge in [-0.15, -0.1) is 0 Å². The smallest absolute Gasteiger partial charge is 0.196 e. The van der Waals surface area contributed by atoms with Crippen LogP contribution >= 0.6 is 0 Å². The van der Waals surface area contributed by atoms with Crippen molar-refractivity contribution in [3.8, 4) is 22.6 Å². The summed E-state index contributed by atoms with van der Waals surface area (Å²) in [5.41, 5.74) is 8.17. The van der Waals surface area contributed by atoms with E-state index < -0.39 is 0 Å². The Hall–Kier alpha value is -4.50. The van der Waals surface area contributed by atoms with Crippen LogP contribution in [0.2, 0.25) is 0 Å². The Morgan fingerprint density at radius 1 is 0.588 bits per heavy atom. The summed E-state index contributed by atoms with van der Waals surface area (Å²) in [5, 5.41) is 5.97. The number of nitrogens with one attached hydrogen (secondary N) is 1. The third kappa shape index (κ3) is 2.98. The molecule has 6 aromatic rings. The maximum atomic E-state index is 6.08. The Labute approximate surface area is 197 Å². The van der Waals surface area contributed by atoms with Crippen molar-refractivity contribution in [1.29, 1.82) is 0 Å². The van der Waals surface area contributed by atoms with Crippen LogP contribution in [0.5, 0.6) is 5.75 Å². The second-order valence-corrected chi connectivity index (χ2v) is 8.68. The molecular weight excluding hydrogens is 416 g/mol. The molecule has 2 heterocycles. The molecule has 0 fully saturated rings. The van der Waals surface area contributed by atoms with E-state index in [1.807, 2.05) is 24.3 Å². The maximum Gasteiger partial charge on any atom is 0.196 e. The predicted octanol–water partition coefficient (Wildman–Crippen LogP) is 7.95. The zero-order valence-corrected chi connectivity index (χ0v) is 18.5. The van der Waals surface area contributed by atoms with Crippen LogP contribution in [-0.4, -0.2) is 4.57 Å². The second-order valence-electron chi connectivity index (χ2n) is 8.68. The molecule has 1 atom stereocenters. The number of aromatic nitrogens is 1. The van der Waals surface area contributed by atoms with Crippen LogP contribution in [-0.2, 0) is 0 Å². The molecule has 3 nitrogen and oxygen atoms in total. The number of fused-ring (bicyclic) bond motifs is 4. The highest BCUT2D eigenvalue weighted by Gasteiger charge is 2.22. The van der Waals surface area contributed by atoms with Crippen molar-refractivity contribution in [2.24, 2.45) is 0 Å². The van der Waals surface area contributed by atoms with Gasteiger partial charge in [0.25, 0.3) is 0 Å². The van der Waals surface area contributed by atoms with Gasteiger partial charge in [0.15, 0.2) is 6.23 Å². The van der Waals surface area contributed by atoms with E-state index in [4.69, 9.17) is 4.74 Å². The molecule has 0 radical (unpaired) electrons. The topological polar surface area (TPSA) is 26.2 Å². The molecular formula is C31H22N2O. The molecule has 7 rings (SSSR count). The first-order valence-electron chi connectivity index (χ1n) is 11.6. The number of nitrogens with zero attached hydrogens (tertiary/aromatic N) is 1. The van der Waals surface area contributed by atoms with Crippen molar-refractivity contribution in [2.75, 3.05) is 5.32 Å². The number of para-hydroxylation sites is 4. The summed E-state index contributed by atoms with van der Waals surface area (Å²) in [4.78, 5) is 0. The quantitative estimate of drug-likeness (QED) is 0.303. The number of hydrogen-bond donors (Lipinski definition) is 1. The van der Waals surface area contributed by atoms with Crippen LogP contribution in [0.1, 0.15) is 11.8 Å². The van der Waals surface area contributed by atoms with E-state index >= 15 is 0 Å². The largest absolute Gasteiger partial charge is 0.464 e. The third-order valence-corrected chi connectivity index (χ3v) is 6.65. The molecule has 34 heavy (non-hydrogen) atoms. The SMILES string of the molecule is c1ccc(-n2c3ccccc3c3cc(-c4ccc(C5Nc6ccccc6O5)cc4)ccc32)cc1. The summed E-state index contributed by atoms with van der Waals surface area (Å²) in [7, 11) is 0. The van der Waals surface area contributed by atoms with Gasteiger partial charge in [-0.05, 0) is 53.6 Å². The summed E-state index contributed by atoms with van der Waals surface area (Å²) < 4.78 is 8.42. The van der Waals surface area contributed by atoms with Crippen LogP contribution in [0.25, 0.3) is 38.6 Å². The first-order chi connectivity index (χ1) is 16.8. The normalized spacial score (nSPS) is 14.6. The van der Waals surface area contributed by atoms with Crippen LogP contribution < -0.4 is 10.1 Å². The average Bonchev–Trinajstić information content (AvgIpc) is 3.48. The van der Waals surface area contributed by atoms with E-state index in [1.54, 1.807) is 0 Å². The average molecular weight is 439 g/mol. The Morgan fingerprint density at radius 3 is 2.15 bits per heavy atom. The first-order valence-corrected chi connectivity index (χ1v) is 11.6. The first kappa shape index (κ1) is 19.0. The molecule has 0 saturated carbocycles. The summed E-state index contributed by atoms with van der Waals surface area (Å²) in [6, 6.07) is 42.7. The molecule has 0 saturated heterocycles. The summed E-state index contributed by atoms with van der Waals surface area (Å²) in [5.74, 6) is 0.900. The number of ether oxygens (including phenoxy) is 1.